The van der Waals surface area contributed by atoms with Gasteiger partial charge in [-0.05, 0) is 48.6 Å². The number of pyridine rings is 1. The number of rotatable bonds is 13. The van der Waals surface area contributed by atoms with Gasteiger partial charge in [0.15, 0.2) is 0 Å². The predicted molar refractivity (Wildman–Crippen MR) is 131 cm³/mol. The van der Waals surface area contributed by atoms with E-state index in [1.54, 1.807) is 12.1 Å². The van der Waals surface area contributed by atoms with E-state index in [2.05, 4.69) is 10.3 Å². The summed E-state index contributed by atoms with van der Waals surface area (Å²) in [7, 11) is -4.10. The molecule has 9 nitrogen and oxygen atoms in total. The van der Waals surface area contributed by atoms with Gasteiger partial charge in [-0.2, -0.15) is 0 Å². The number of esters is 1. The fourth-order valence-corrected chi connectivity index (χ4v) is 4.08. The van der Waals surface area contributed by atoms with Gasteiger partial charge in [-0.15, -0.1) is 0 Å². The SMILES string of the molecule is CCCCCOC(=O)c1ccc(C(=O)NS(=O)(=O)c2ccc(CCNC(=O)CC(C)C)cc2)cn1. The van der Waals surface area contributed by atoms with Crippen LogP contribution in [0.3, 0.4) is 0 Å². The largest absolute Gasteiger partial charge is 0.461 e. The fourth-order valence-electron chi connectivity index (χ4n) is 3.10. The Hall–Kier alpha value is -3.27. The Kier molecular flexibility index (Phi) is 10.8. The summed E-state index contributed by atoms with van der Waals surface area (Å²) in [4.78, 5) is 39.9. The van der Waals surface area contributed by atoms with Gasteiger partial charge in [-0.1, -0.05) is 45.7 Å². The van der Waals surface area contributed by atoms with Crippen molar-refractivity contribution >= 4 is 27.8 Å². The molecule has 2 amide bonds. The van der Waals surface area contributed by atoms with Crippen LogP contribution >= 0.6 is 0 Å². The second-order valence-corrected chi connectivity index (χ2v) is 10.2. The van der Waals surface area contributed by atoms with Crippen LogP contribution in [-0.4, -0.2) is 44.3 Å². The molecule has 190 valence electrons. The maximum atomic E-state index is 12.6. The van der Waals surface area contributed by atoms with E-state index in [-0.39, 0.29) is 28.0 Å². The molecule has 0 unspecified atom stereocenters. The first kappa shape index (κ1) is 28.0. The molecule has 0 spiro atoms. The zero-order valence-electron chi connectivity index (χ0n) is 20.4. The molecule has 0 fully saturated rings. The Morgan fingerprint density at radius 1 is 1.03 bits per heavy atom. The highest BCUT2D eigenvalue weighted by Crippen LogP contribution is 2.12. The number of hydrogen-bond donors (Lipinski definition) is 2. The molecule has 2 rings (SSSR count). The first-order valence-electron chi connectivity index (χ1n) is 11.7. The average molecular weight is 504 g/mol. The lowest BCUT2D eigenvalue weighted by molar-refractivity contribution is -0.121. The summed E-state index contributed by atoms with van der Waals surface area (Å²) in [6.45, 7) is 6.72. The summed E-state index contributed by atoms with van der Waals surface area (Å²) in [5.41, 5.74) is 0.878. The quantitative estimate of drug-likeness (QED) is 0.317. The molecule has 0 aliphatic heterocycles. The summed E-state index contributed by atoms with van der Waals surface area (Å²) in [6, 6.07) is 8.70. The lowest BCUT2D eigenvalue weighted by Crippen LogP contribution is -2.30. The van der Waals surface area contributed by atoms with Crippen LogP contribution in [0.5, 0.6) is 0 Å². The Balaban J connectivity index is 1.91. The normalized spacial score (nSPS) is 11.2. The van der Waals surface area contributed by atoms with Gasteiger partial charge in [0.2, 0.25) is 5.91 Å². The van der Waals surface area contributed by atoms with E-state index in [9.17, 15) is 22.8 Å². The lowest BCUT2D eigenvalue weighted by atomic mass is 10.1. The minimum atomic E-state index is -4.10. The molecule has 0 bridgehead atoms. The average Bonchev–Trinajstić information content (AvgIpc) is 2.81. The number of sulfonamides is 1. The number of hydrogen-bond acceptors (Lipinski definition) is 7. The molecular formula is C25H33N3O6S. The third kappa shape index (κ3) is 9.48. The van der Waals surface area contributed by atoms with Crippen LogP contribution in [0.25, 0.3) is 0 Å². The summed E-state index contributed by atoms with van der Waals surface area (Å²) in [5.74, 6) is -1.20. The van der Waals surface area contributed by atoms with Crippen LogP contribution in [0.4, 0.5) is 0 Å². The minimum absolute atomic E-state index is 0.00938. The molecule has 1 aromatic heterocycles. The second-order valence-electron chi connectivity index (χ2n) is 8.55. The molecule has 0 atom stereocenters. The number of amides is 2. The highest BCUT2D eigenvalue weighted by molar-refractivity contribution is 7.90. The van der Waals surface area contributed by atoms with Crippen molar-refractivity contribution in [3.63, 3.8) is 0 Å². The Morgan fingerprint density at radius 3 is 2.34 bits per heavy atom. The van der Waals surface area contributed by atoms with E-state index in [1.165, 1.54) is 24.3 Å². The number of carbonyl (C=O) groups excluding carboxylic acids is 3. The van der Waals surface area contributed by atoms with Crippen molar-refractivity contribution in [1.82, 2.24) is 15.0 Å². The van der Waals surface area contributed by atoms with Gasteiger partial charge in [0.1, 0.15) is 5.69 Å². The van der Waals surface area contributed by atoms with E-state index >= 15 is 0 Å². The van der Waals surface area contributed by atoms with Crippen molar-refractivity contribution in [3.8, 4) is 0 Å². The third-order valence-electron chi connectivity index (χ3n) is 5.01. The molecule has 0 saturated heterocycles. The molecule has 0 radical (unpaired) electrons. The number of unbranched alkanes of at least 4 members (excludes halogenated alkanes) is 2. The Labute approximate surface area is 206 Å². The van der Waals surface area contributed by atoms with Gasteiger partial charge < -0.3 is 10.1 Å². The van der Waals surface area contributed by atoms with Gasteiger partial charge in [-0.25, -0.2) is 22.9 Å². The first-order chi connectivity index (χ1) is 16.6. The first-order valence-corrected chi connectivity index (χ1v) is 13.2. The molecule has 2 N–H and O–H groups in total. The zero-order chi connectivity index (χ0) is 25.8. The van der Waals surface area contributed by atoms with Gasteiger partial charge in [-0.3, -0.25) is 9.59 Å². The van der Waals surface area contributed by atoms with Gasteiger partial charge in [0, 0.05) is 19.2 Å². The van der Waals surface area contributed by atoms with Crippen molar-refractivity contribution in [2.75, 3.05) is 13.2 Å². The standard InChI is InChI=1S/C25H33N3O6S/c1-4-5-6-15-34-25(31)22-12-9-20(17-27-22)24(30)28-35(32,33)21-10-7-19(8-11-21)13-14-26-23(29)16-18(2)3/h7-12,17-18H,4-6,13-16H2,1-3H3,(H,26,29)(H,28,30). The molecular weight excluding hydrogens is 470 g/mol. The maximum absolute atomic E-state index is 12.6. The van der Waals surface area contributed by atoms with Crippen LogP contribution in [0, 0.1) is 5.92 Å². The molecule has 1 heterocycles. The highest BCUT2D eigenvalue weighted by atomic mass is 32.2. The fraction of sp³-hybridized carbons (Fsp3) is 0.440. The smallest absolute Gasteiger partial charge is 0.356 e. The Morgan fingerprint density at radius 2 is 1.74 bits per heavy atom. The van der Waals surface area contributed by atoms with Crippen LogP contribution in [0.1, 0.15) is 72.9 Å². The van der Waals surface area contributed by atoms with E-state index in [4.69, 9.17) is 4.74 Å². The number of nitrogens with zero attached hydrogens (tertiary/aromatic N) is 1. The van der Waals surface area contributed by atoms with Crippen molar-refractivity contribution in [1.29, 1.82) is 0 Å². The molecule has 1 aromatic carbocycles. The number of ether oxygens (including phenoxy) is 1. The van der Waals surface area contributed by atoms with Gasteiger partial charge in [0.25, 0.3) is 15.9 Å². The maximum Gasteiger partial charge on any atom is 0.356 e. The van der Waals surface area contributed by atoms with Gasteiger partial charge >= 0.3 is 5.97 Å². The lowest BCUT2D eigenvalue weighted by Gasteiger charge is -2.09. The van der Waals surface area contributed by atoms with Crippen molar-refractivity contribution < 1.29 is 27.5 Å². The van der Waals surface area contributed by atoms with E-state index < -0.39 is 21.9 Å². The molecule has 2 aromatic rings. The topological polar surface area (TPSA) is 132 Å². The second kappa shape index (κ2) is 13.6. The van der Waals surface area contributed by atoms with Crippen molar-refractivity contribution in [3.05, 3.63) is 59.4 Å². The van der Waals surface area contributed by atoms with Crippen LogP contribution < -0.4 is 10.0 Å². The molecule has 0 aliphatic rings. The number of carbonyl (C=O) groups is 3. The molecule has 35 heavy (non-hydrogen) atoms. The molecule has 0 saturated carbocycles. The van der Waals surface area contributed by atoms with Crippen LogP contribution in [0.2, 0.25) is 0 Å². The summed E-state index contributed by atoms with van der Waals surface area (Å²) in [5, 5.41) is 2.83. The van der Waals surface area contributed by atoms with E-state index in [1.807, 2.05) is 25.5 Å². The molecule has 0 aliphatic carbocycles. The highest BCUT2D eigenvalue weighted by Gasteiger charge is 2.19. The van der Waals surface area contributed by atoms with E-state index in [0.717, 1.165) is 31.0 Å². The Bertz CT molecular complexity index is 1100. The minimum Gasteiger partial charge on any atom is -0.461 e. The third-order valence-corrected chi connectivity index (χ3v) is 6.35. The monoisotopic (exact) mass is 503 g/mol. The predicted octanol–water partition coefficient (Wildman–Crippen LogP) is 3.25. The number of benzene rings is 1. The van der Waals surface area contributed by atoms with Gasteiger partial charge in [0.05, 0.1) is 17.1 Å². The zero-order valence-corrected chi connectivity index (χ0v) is 21.2. The summed E-state index contributed by atoms with van der Waals surface area (Å²) in [6.07, 6.45) is 4.85. The summed E-state index contributed by atoms with van der Waals surface area (Å²) < 4.78 is 32.3. The van der Waals surface area contributed by atoms with Crippen LogP contribution in [0.15, 0.2) is 47.5 Å². The number of nitrogens with one attached hydrogen (secondary N) is 2. The van der Waals surface area contributed by atoms with E-state index in [0.29, 0.717) is 26.0 Å². The molecule has 10 heteroatoms. The van der Waals surface area contributed by atoms with Crippen molar-refractivity contribution in [2.45, 2.75) is 57.8 Å². The summed E-state index contributed by atoms with van der Waals surface area (Å²) >= 11 is 0. The number of aromatic nitrogens is 1. The van der Waals surface area contributed by atoms with Crippen molar-refractivity contribution in [2.24, 2.45) is 5.92 Å². The van der Waals surface area contributed by atoms with Crippen LogP contribution in [-0.2, 0) is 26.0 Å².